The Bertz CT molecular complexity index is 883. The summed E-state index contributed by atoms with van der Waals surface area (Å²) in [5.41, 5.74) is 3.04. The van der Waals surface area contributed by atoms with Crippen LogP contribution in [0.15, 0.2) is 18.2 Å². The molecule has 3 fully saturated rings. The number of hydrogen-bond acceptors (Lipinski definition) is 4. The van der Waals surface area contributed by atoms with Gasteiger partial charge in [-0.05, 0) is 75.5 Å². The Hall–Kier alpha value is -2.57. The van der Waals surface area contributed by atoms with Crippen molar-refractivity contribution < 1.29 is 19.1 Å². The zero-order chi connectivity index (χ0) is 22.9. The maximum absolute atomic E-state index is 13.0. The molecule has 7 heteroatoms. The van der Waals surface area contributed by atoms with Crippen LogP contribution in [0.25, 0.3) is 0 Å². The first kappa shape index (κ1) is 22.6. The minimum atomic E-state index is -0.263. The van der Waals surface area contributed by atoms with Crippen LogP contribution in [0.5, 0.6) is 0 Å². The van der Waals surface area contributed by atoms with Crippen molar-refractivity contribution in [3.63, 3.8) is 0 Å². The molecule has 174 valence electrons. The number of likely N-dealkylation sites (tertiary alicyclic amines) is 2. The molecule has 1 N–H and O–H groups in total. The van der Waals surface area contributed by atoms with Crippen LogP contribution in [0.2, 0.25) is 0 Å². The molecule has 2 heterocycles. The number of benzene rings is 1. The highest BCUT2D eigenvalue weighted by atomic mass is 16.6. The van der Waals surface area contributed by atoms with E-state index in [4.69, 9.17) is 4.74 Å². The van der Waals surface area contributed by atoms with Crippen LogP contribution in [-0.2, 0) is 9.53 Å². The minimum Gasteiger partial charge on any atom is -0.450 e. The summed E-state index contributed by atoms with van der Waals surface area (Å²) in [7, 11) is 0. The second-order valence-corrected chi connectivity index (χ2v) is 9.63. The highest BCUT2D eigenvalue weighted by Gasteiger charge is 2.58. The number of carbonyl (C=O) groups is 3. The largest absolute Gasteiger partial charge is 0.450 e. The molecule has 7 nitrogen and oxygen atoms in total. The normalized spacial score (nSPS) is 22.5. The molecule has 1 atom stereocenters. The van der Waals surface area contributed by atoms with Crippen molar-refractivity contribution in [3.05, 3.63) is 34.9 Å². The van der Waals surface area contributed by atoms with Gasteiger partial charge in [-0.25, -0.2) is 4.79 Å². The third kappa shape index (κ3) is 4.48. The number of rotatable bonds is 4. The van der Waals surface area contributed by atoms with Gasteiger partial charge in [-0.15, -0.1) is 0 Å². The molecule has 1 saturated carbocycles. The van der Waals surface area contributed by atoms with E-state index in [1.54, 1.807) is 11.8 Å². The molecule has 0 aromatic heterocycles. The lowest BCUT2D eigenvalue weighted by Gasteiger charge is -2.34. The molecule has 3 amide bonds. The lowest BCUT2D eigenvalue weighted by Crippen LogP contribution is -2.47. The summed E-state index contributed by atoms with van der Waals surface area (Å²) < 4.78 is 5.06. The lowest BCUT2D eigenvalue weighted by atomic mass is 9.89. The molecule has 1 unspecified atom stereocenters. The summed E-state index contributed by atoms with van der Waals surface area (Å²) in [4.78, 5) is 41.4. The van der Waals surface area contributed by atoms with Gasteiger partial charge in [0.25, 0.3) is 5.91 Å². The lowest BCUT2D eigenvalue weighted by molar-refractivity contribution is -0.124. The van der Waals surface area contributed by atoms with E-state index in [9.17, 15) is 14.4 Å². The molecule has 2 saturated heterocycles. The zero-order valence-corrected chi connectivity index (χ0v) is 19.5. The molecule has 1 aliphatic carbocycles. The fourth-order valence-electron chi connectivity index (χ4n) is 5.30. The van der Waals surface area contributed by atoms with Crippen molar-refractivity contribution in [2.45, 2.75) is 58.9 Å². The van der Waals surface area contributed by atoms with Gasteiger partial charge in [-0.3, -0.25) is 9.59 Å². The van der Waals surface area contributed by atoms with Crippen molar-refractivity contribution >= 4 is 17.9 Å². The third-order valence-electron chi connectivity index (χ3n) is 7.76. The molecule has 3 aliphatic rings. The SMILES string of the molecule is CCOC(=O)N1CCC(NC(=O)C2CC23CCN(C(=O)c2cccc(C)c2C)CC3)CC1. The predicted octanol–water partition coefficient (Wildman–Crippen LogP) is 3.28. The Morgan fingerprint density at radius 1 is 1.06 bits per heavy atom. The van der Waals surface area contributed by atoms with Crippen LogP contribution in [0.3, 0.4) is 0 Å². The van der Waals surface area contributed by atoms with Gasteiger partial charge >= 0.3 is 6.09 Å². The Morgan fingerprint density at radius 2 is 1.75 bits per heavy atom. The van der Waals surface area contributed by atoms with Crippen molar-refractivity contribution in [1.82, 2.24) is 15.1 Å². The summed E-state index contributed by atoms with van der Waals surface area (Å²) >= 11 is 0. The maximum atomic E-state index is 13.0. The Balaban J connectivity index is 1.24. The Labute approximate surface area is 190 Å². The first-order valence-electron chi connectivity index (χ1n) is 11.9. The Morgan fingerprint density at radius 3 is 2.41 bits per heavy atom. The van der Waals surface area contributed by atoms with E-state index in [0.29, 0.717) is 32.8 Å². The molecular weight excluding hydrogens is 406 g/mol. The van der Waals surface area contributed by atoms with Gasteiger partial charge in [0.05, 0.1) is 6.61 Å². The molecule has 1 aromatic carbocycles. The first-order valence-corrected chi connectivity index (χ1v) is 11.9. The fourth-order valence-corrected chi connectivity index (χ4v) is 5.30. The minimum absolute atomic E-state index is 0.0588. The van der Waals surface area contributed by atoms with Gasteiger partial charge in [0.15, 0.2) is 0 Å². The molecule has 4 rings (SSSR count). The number of nitrogens with zero attached hydrogens (tertiary/aromatic N) is 2. The van der Waals surface area contributed by atoms with E-state index < -0.39 is 0 Å². The average molecular weight is 442 g/mol. The number of amides is 3. The average Bonchev–Trinajstić information content (AvgIpc) is 3.49. The fraction of sp³-hybridized carbons (Fsp3) is 0.640. The Kier molecular flexibility index (Phi) is 6.45. The van der Waals surface area contributed by atoms with Gasteiger partial charge in [-0.1, -0.05) is 12.1 Å². The van der Waals surface area contributed by atoms with Gasteiger partial charge in [0.2, 0.25) is 5.91 Å². The standard InChI is InChI=1S/C25H35N3O4/c1-4-32-24(31)28-12-8-19(9-13-28)26-22(29)21-16-25(21)10-14-27(15-11-25)23(30)20-7-5-6-17(2)18(20)3/h5-7,19,21H,4,8-16H2,1-3H3,(H,26,29). The van der Waals surface area contributed by atoms with Gasteiger partial charge in [0, 0.05) is 43.7 Å². The van der Waals surface area contributed by atoms with Crippen LogP contribution in [0.4, 0.5) is 4.79 Å². The number of piperidine rings is 2. The second-order valence-electron chi connectivity index (χ2n) is 9.63. The van der Waals surface area contributed by atoms with E-state index in [2.05, 4.69) is 5.32 Å². The van der Waals surface area contributed by atoms with E-state index >= 15 is 0 Å². The molecule has 32 heavy (non-hydrogen) atoms. The number of ether oxygens (including phenoxy) is 1. The summed E-state index contributed by atoms with van der Waals surface area (Å²) in [5, 5.41) is 3.22. The first-order chi connectivity index (χ1) is 15.3. The van der Waals surface area contributed by atoms with Crippen LogP contribution in [0.1, 0.15) is 60.5 Å². The summed E-state index contributed by atoms with van der Waals surface area (Å²) in [6.45, 7) is 8.90. The summed E-state index contributed by atoms with van der Waals surface area (Å²) in [6, 6.07) is 6.01. The van der Waals surface area contributed by atoms with Crippen LogP contribution >= 0.6 is 0 Å². The van der Waals surface area contributed by atoms with Gasteiger partial charge < -0.3 is 19.9 Å². The van der Waals surface area contributed by atoms with E-state index in [-0.39, 0.29) is 35.3 Å². The van der Waals surface area contributed by atoms with Crippen molar-refractivity contribution in [2.75, 3.05) is 32.8 Å². The topological polar surface area (TPSA) is 79.0 Å². The summed E-state index contributed by atoms with van der Waals surface area (Å²) in [6.07, 6.45) is 3.98. The number of hydrogen-bond donors (Lipinski definition) is 1. The van der Waals surface area contributed by atoms with E-state index in [1.807, 2.05) is 36.9 Å². The van der Waals surface area contributed by atoms with Gasteiger partial charge in [0.1, 0.15) is 0 Å². The predicted molar refractivity (Wildman–Crippen MR) is 121 cm³/mol. The maximum Gasteiger partial charge on any atom is 0.409 e. The summed E-state index contributed by atoms with van der Waals surface area (Å²) in [5.74, 6) is 0.313. The molecular formula is C25H35N3O4. The smallest absolute Gasteiger partial charge is 0.409 e. The highest BCUT2D eigenvalue weighted by Crippen LogP contribution is 2.59. The highest BCUT2D eigenvalue weighted by molar-refractivity contribution is 5.96. The van der Waals surface area contributed by atoms with E-state index in [1.165, 1.54) is 0 Å². The third-order valence-corrected chi connectivity index (χ3v) is 7.76. The second kappa shape index (κ2) is 9.12. The monoisotopic (exact) mass is 441 g/mol. The number of aryl methyl sites for hydroxylation is 1. The quantitative estimate of drug-likeness (QED) is 0.778. The van der Waals surface area contributed by atoms with Crippen molar-refractivity contribution in [1.29, 1.82) is 0 Å². The molecule has 1 aromatic rings. The number of nitrogens with one attached hydrogen (secondary N) is 1. The van der Waals surface area contributed by atoms with Crippen molar-refractivity contribution in [3.8, 4) is 0 Å². The molecule has 2 aliphatic heterocycles. The molecule has 0 radical (unpaired) electrons. The van der Waals surface area contributed by atoms with Crippen LogP contribution in [0, 0.1) is 25.2 Å². The number of carbonyl (C=O) groups excluding carboxylic acids is 3. The molecule has 1 spiro atoms. The van der Waals surface area contributed by atoms with Crippen LogP contribution in [-0.4, -0.2) is 66.5 Å². The van der Waals surface area contributed by atoms with Crippen LogP contribution < -0.4 is 5.32 Å². The van der Waals surface area contributed by atoms with E-state index in [0.717, 1.165) is 48.8 Å². The zero-order valence-electron chi connectivity index (χ0n) is 19.5. The molecule has 0 bridgehead atoms. The van der Waals surface area contributed by atoms with Crippen molar-refractivity contribution in [2.24, 2.45) is 11.3 Å². The van der Waals surface area contributed by atoms with Gasteiger partial charge in [-0.2, -0.15) is 0 Å².